The predicted octanol–water partition coefficient (Wildman–Crippen LogP) is 1.97. The second-order valence-corrected chi connectivity index (χ2v) is 4.61. The molecular weight excluding hydrogens is 198 g/mol. The van der Waals surface area contributed by atoms with E-state index in [4.69, 9.17) is 5.11 Å². The maximum Gasteiger partial charge on any atom is 0.323 e. The fraction of sp³-hybridized carbons (Fsp3) is 0.900. The van der Waals surface area contributed by atoms with Crippen molar-refractivity contribution in [3.05, 3.63) is 0 Å². The van der Waals surface area contributed by atoms with E-state index in [1.54, 1.807) is 0 Å². The van der Waals surface area contributed by atoms with E-state index in [9.17, 15) is 4.79 Å². The van der Waals surface area contributed by atoms with Crippen molar-refractivity contribution in [3.8, 4) is 0 Å². The van der Waals surface area contributed by atoms with Crippen molar-refractivity contribution < 1.29 is 9.90 Å². The molecule has 3 nitrogen and oxygen atoms in total. The first-order valence-electron chi connectivity index (χ1n) is 5.19. The van der Waals surface area contributed by atoms with E-state index in [1.807, 2.05) is 25.6 Å². The molecule has 0 heterocycles. The first-order chi connectivity index (χ1) is 6.63. The Morgan fingerprint density at radius 1 is 1.36 bits per heavy atom. The quantitative estimate of drug-likeness (QED) is 0.613. The lowest BCUT2D eigenvalue weighted by Crippen LogP contribution is -2.51. The Morgan fingerprint density at radius 2 is 1.93 bits per heavy atom. The molecule has 0 aromatic heterocycles. The molecule has 0 fully saturated rings. The number of thioether (sulfide) groups is 1. The zero-order valence-electron chi connectivity index (χ0n) is 9.30. The second kappa shape index (κ2) is 7.12. The van der Waals surface area contributed by atoms with Gasteiger partial charge in [0.2, 0.25) is 0 Å². The lowest BCUT2D eigenvalue weighted by atomic mass is 9.93. The predicted molar refractivity (Wildman–Crippen MR) is 62.0 cm³/mol. The van der Waals surface area contributed by atoms with Crippen LogP contribution in [0.15, 0.2) is 0 Å². The van der Waals surface area contributed by atoms with Crippen LogP contribution in [0.5, 0.6) is 0 Å². The Balaban J connectivity index is 4.02. The van der Waals surface area contributed by atoms with Gasteiger partial charge < -0.3 is 10.4 Å². The third-order valence-corrected chi connectivity index (χ3v) is 3.43. The van der Waals surface area contributed by atoms with Crippen molar-refractivity contribution in [2.75, 3.05) is 18.1 Å². The minimum Gasteiger partial charge on any atom is -0.480 e. The van der Waals surface area contributed by atoms with Crippen molar-refractivity contribution in [1.29, 1.82) is 0 Å². The average Bonchev–Trinajstić information content (AvgIpc) is 2.18. The highest BCUT2D eigenvalue weighted by atomic mass is 32.2. The summed E-state index contributed by atoms with van der Waals surface area (Å²) in [5, 5.41) is 12.3. The standard InChI is InChI=1S/C10H21NO2S/c1-4-10(5-2,9(12)13)11-7-8-14-6-3/h11H,4-8H2,1-3H3,(H,12,13). The van der Waals surface area contributed by atoms with E-state index < -0.39 is 11.5 Å². The topological polar surface area (TPSA) is 49.3 Å². The number of carboxylic acid groups (broad SMARTS) is 1. The molecule has 0 spiro atoms. The highest BCUT2D eigenvalue weighted by Gasteiger charge is 2.33. The molecule has 84 valence electrons. The third kappa shape index (κ3) is 3.88. The van der Waals surface area contributed by atoms with Gasteiger partial charge in [-0.25, -0.2) is 0 Å². The Kier molecular flexibility index (Phi) is 7.01. The van der Waals surface area contributed by atoms with Gasteiger partial charge >= 0.3 is 5.97 Å². The molecule has 14 heavy (non-hydrogen) atoms. The van der Waals surface area contributed by atoms with Crippen molar-refractivity contribution >= 4 is 17.7 Å². The number of carboxylic acids is 1. The van der Waals surface area contributed by atoms with Crippen LogP contribution < -0.4 is 5.32 Å². The highest BCUT2D eigenvalue weighted by molar-refractivity contribution is 7.99. The number of hydrogen-bond acceptors (Lipinski definition) is 3. The van der Waals surface area contributed by atoms with E-state index in [-0.39, 0.29) is 0 Å². The van der Waals surface area contributed by atoms with Gasteiger partial charge in [0, 0.05) is 12.3 Å². The van der Waals surface area contributed by atoms with Crippen molar-refractivity contribution in [2.24, 2.45) is 0 Å². The van der Waals surface area contributed by atoms with E-state index in [1.165, 1.54) is 0 Å². The summed E-state index contributed by atoms with van der Waals surface area (Å²) in [6.07, 6.45) is 1.27. The molecule has 0 radical (unpaired) electrons. The Labute approximate surface area is 90.7 Å². The summed E-state index contributed by atoms with van der Waals surface area (Å²) in [7, 11) is 0. The second-order valence-electron chi connectivity index (χ2n) is 3.22. The fourth-order valence-corrected chi connectivity index (χ4v) is 1.92. The van der Waals surface area contributed by atoms with Crippen LogP contribution in [0.3, 0.4) is 0 Å². The zero-order valence-corrected chi connectivity index (χ0v) is 10.1. The summed E-state index contributed by atoms with van der Waals surface area (Å²) >= 11 is 1.83. The molecule has 4 heteroatoms. The van der Waals surface area contributed by atoms with Crippen LogP contribution in [0.2, 0.25) is 0 Å². The molecule has 0 amide bonds. The number of hydrogen-bond donors (Lipinski definition) is 2. The van der Waals surface area contributed by atoms with Crippen molar-refractivity contribution in [3.63, 3.8) is 0 Å². The highest BCUT2D eigenvalue weighted by Crippen LogP contribution is 2.15. The first-order valence-corrected chi connectivity index (χ1v) is 6.34. The lowest BCUT2D eigenvalue weighted by Gasteiger charge is -2.28. The summed E-state index contributed by atoms with van der Waals surface area (Å²) in [6.45, 7) is 6.70. The third-order valence-electron chi connectivity index (χ3n) is 2.53. The fourth-order valence-electron chi connectivity index (χ4n) is 1.38. The van der Waals surface area contributed by atoms with Crippen LogP contribution in [0, 0.1) is 0 Å². The van der Waals surface area contributed by atoms with Crippen LogP contribution in [-0.2, 0) is 4.79 Å². The minimum atomic E-state index is -0.732. The molecule has 0 bridgehead atoms. The van der Waals surface area contributed by atoms with Gasteiger partial charge in [-0.15, -0.1) is 0 Å². The van der Waals surface area contributed by atoms with E-state index in [0.717, 1.165) is 18.1 Å². The summed E-state index contributed by atoms with van der Waals surface area (Å²) < 4.78 is 0. The SMILES string of the molecule is CCSCCNC(CC)(CC)C(=O)O. The van der Waals surface area contributed by atoms with Gasteiger partial charge in [0.1, 0.15) is 5.54 Å². The molecule has 2 N–H and O–H groups in total. The Hall–Kier alpha value is -0.220. The van der Waals surface area contributed by atoms with E-state index in [0.29, 0.717) is 12.8 Å². The molecular formula is C10H21NO2S. The largest absolute Gasteiger partial charge is 0.480 e. The van der Waals surface area contributed by atoms with Gasteiger partial charge in [-0.05, 0) is 18.6 Å². The zero-order chi connectivity index (χ0) is 11.0. The molecule has 0 aromatic carbocycles. The van der Waals surface area contributed by atoms with E-state index >= 15 is 0 Å². The maximum atomic E-state index is 11.1. The molecule has 0 rings (SSSR count). The van der Waals surface area contributed by atoms with Crippen LogP contribution in [-0.4, -0.2) is 34.7 Å². The molecule has 0 aromatic rings. The number of rotatable bonds is 8. The van der Waals surface area contributed by atoms with Crippen LogP contribution >= 0.6 is 11.8 Å². The van der Waals surface area contributed by atoms with Gasteiger partial charge in [-0.3, -0.25) is 4.79 Å². The van der Waals surface area contributed by atoms with E-state index in [2.05, 4.69) is 12.2 Å². The number of nitrogens with one attached hydrogen (secondary N) is 1. The average molecular weight is 219 g/mol. The monoisotopic (exact) mass is 219 g/mol. The van der Waals surface area contributed by atoms with Crippen LogP contribution in [0.25, 0.3) is 0 Å². The molecule has 0 aliphatic carbocycles. The molecule has 0 atom stereocenters. The van der Waals surface area contributed by atoms with Crippen molar-refractivity contribution in [1.82, 2.24) is 5.32 Å². The minimum absolute atomic E-state index is 0.635. The molecule has 0 aliphatic heterocycles. The summed E-state index contributed by atoms with van der Waals surface area (Å²) in [5.41, 5.74) is -0.714. The van der Waals surface area contributed by atoms with Crippen LogP contribution in [0.4, 0.5) is 0 Å². The molecule has 0 saturated heterocycles. The Bertz CT molecular complexity index is 170. The smallest absolute Gasteiger partial charge is 0.323 e. The summed E-state index contributed by atoms with van der Waals surface area (Å²) in [4.78, 5) is 11.1. The molecule has 0 saturated carbocycles. The van der Waals surface area contributed by atoms with Gasteiger partial charge in [-0.1, -0.05) is 20.8 Å². The summed E-state index contributed by atoms with van der Waals surface area (Å²) in [6, 6.07) is 0. The molecule has 0 unspecified atom stereocenters. The van der Waals surface area contributed by atoms with Crippen LogP contribution in [0.1, 0.15) is 33.6 Å². The normalized spacial score (nSPS) is 11.6. The number of aliphatic carboxylic acids is 1. The molecule has 0 aliphatic rings. The van der Waals surface area contributed by atoms with Gasteiger partial charge in [0.25, 0.3) is 0 Å². The lowest BCUT2D eigenvalue weighted by molar-refractivity contribution is -0.145. The van der Waals surface area contributed by atoms with Crippen molar-refractivity contribution in [2.45, 2.75) is 39.2 Å². The Morgan fingerprint density at radius 3 is 2.29 bits per heavy atom. The van der Waals surface area contributed by atoms with Gasteiger partial charge in [0.15, 0.2) is 0 Å². The first kappa shape index (κ1) is 13.8. The van der Waals surface area contributed by atoms with Gasteiger partial charge in [0.05, 0.1) is 0 Å². The van der Waals surface area contributed by atoms with Gasteiger partial charge in [-0.2, -0.15) is 11.8 Å². The summed E-state index contributed by atoms with van der Waals surface area (Å²) in [5.74, 6) is 1.33. The number of carbonyl (C=O) groups is 1. The maximum absolute atomic E-state index is 11.1.